The molecule has 45 heavy (non-hydrogen) atoms. The number of esters is 2. The van der Waals surface area contributed by atoms with E-state index >= 15 is 0 Å². The van der Waals surface area contributed by atoms with Crippen molar-refractivity contribution in [2.75, 3.05) is 20.8 Å². The van der Waals surface area contributed by atoms with Gasteiger partial charge in [-0.2, -0.15) is 8.42 Å². The van der Waals surface area contributed by atoms with Crippen LogP contribution >= 0.6 is 0 Å². The van der Waals surface area contributed by atoms with Gasteiger partial charge in [-0.3, -0.25) is 9.35 Å². The molecule has 0 amide bonds. The third-order valence-electron chi connectivity index (χ3n) is 7.73. The Morgan fingerprint density at radius 2 is 1.53 bits per heavy atom. The molecule has 9 nitrogen and oxygen atoms in total. The van der Waals surface area contributed by atoms with Crippen molar-refractivity contribution >= 4 is 28.1 Å². The lowest BCUT2D eigenvalue weighted by Crippen LogP contribution is -2.44. The fraction of sp³-hybridized carbons (Fsp3) is 0.600. The number of rotatable bonds is 21. The molecule has 0 aromatic heterocycles. The largest absolute Gasteiger partial charge is 0.469 e. The van der Waals surface area contributed by atoms with Crippen LogP contribution in [0.1, 0.15) is 109 Å². The Hall–Kier alpha value is -3.11. The third-order valence-corrected chi connectivity index (χ3v) is 8.59. The Bertz CT molecular complexity index is 1160. The van der Waals surface area contributed by atoms with E-state index in [1.165, 1.54) is 51.3 Å². The van der Waals surface area contributed by atoms with Crippen LogP contribution in [0.4, 0.5) is 0 Å². The van der Waals surface area contributed by atoms with Crippen LogP contribution < -0.4 is 0 Å². The number of nitrogens with zero attached hydrogens (tertiary/aromatic N) is 2. The van der Waals surface area contributed by atoms with Gasteiger partial charge in [0.15, 0.2) is 0 Å². The molecule has 2 rings (SSSR count). The van der Waals surface area contributed by atoms with Gasteiger partial charge in [-0.25, -0.2) is 4.79 Å². The van der Waals surface area contributed by atoms with Crippen LogP contribution in [0.5, 0.6) is 0 Å². The second-order valence-electron chi connectivity index (χ2n) is 11.7. The molecule has 10 heteroatoms. The van der Waals surface area contributed by atoms with Crippen molar-refractivity contribution in [3.05, 3.63) is 61.0 Å². The quantitative estimate of drug-likeness (QED) is 0.0619. The zero-order valence-electron chi connectivity index (χ0n) is 27.9. The number of benzene rings is 1. The molecule has 0 aliphatic carbocycles. The average molecular weight is 649 g/mol. The molecule has 0 radical (unpaired) electrons. The smallest absolute Gasteiger partial charge is 0.333 e. The molecule has 1 N–H and O–H groups in total. The molecule has 2 atom stereocenters. The van der Waals surface area contributed by atoms with Gasteiger partial charge in [-0.15, -0.1) is 0 Å². The lowest BCUT2D eigenvalue weighted by atomic mass is 9.96. The zero-order chi connectivity index (χ0) is 33.7. The first-order chi connectivity index (χ1) is 21.4. The van der Waals surface area contributed by atoms with Crippen molar-refractivity contribution in [1.29, 1.82) is 0 Å². The molecular weight excluding hydrogens is 592 g/mol. The number of carbonyl (C=O) groups excluding carboxylic acids is 2. The number of methoxy groups -OCH3 is 1. The summed E-state index contributed by atoms with van der Waals surface area (Å²) in [7, 11) is -0.557. The summed E-state index contributed by atoms with van der Waals surface area (Å²) >= 11 is 0. The summed E-state index contributed by atoms with van der Waals surface area (Å²) in [6, 6.07) is 5.96. The first kappa shape index (κ1) is 39.9. The van der Waals surface area contributed by atoms with Crippen LogP contribution in [0.3, 0.4) is 0 Å². The Kier molecular flexibility index (Phi) is 19.9. The second-order valence-corrected chi connectivity index (χ2v) is 13.1. The van der Waals surface area contributed by atoms with Gasteiger partial charge in [0.05, 0.1) is 24.7 Å². The van der Waals surface area contributed by atoms with Gasteiger partial charge in [0.25, 0.3) is 10.1 Å². The summed E-state index contributed by atoms with van der Waals surface area (Å²) < 4.78 is 40.4. The molecule has 0 bridgehead atoms. The van der Waals surface area contributed by atoms with E-state index in [0.717, 1.165) is 63.6 Å². The lowest BCUT2D eigenvalue weighted by molar-refractivity contribution is -0.148. The fourth-order valence-corrected chi connectivity index (χ4v) is 5.54. The van der Waals surface area contributed by atoms with E-state index in [2.05, 4.69) is 49.3 Å². The maximum absolute atomic E-state index is 12.4. The Labute approximate surface area is 272 Å². The molecule has 1 aliphatic heterocycles. The maximum atomic E-state index is 12.4. The van der Waals surface area contributed by atoms with Crippen molar-refractivity contribution in [1.82, 2.24) is 9.80 Å². The molecule has 0 saturated heterocycles. The van der Waals surface area contributed by atoms with Crippen molar-refractivity contribution in [2.24, 2.45) is 0 Å². The predicted octanol–water partition coefficient (Wildman–Crippen LogP) is 7.75. The summed E-state index contributed by atoms with van der Waals surface area (Å²) in [5.74, 6) is -0.425. The van der Waals surface area contributed by atoms with Gasteiger partial charge in [-0.1, -0.05) is 96.1 Å². The van der Waals surface area contributed by atoms with E-state index < -0.39 is 10.1 Å². The highest BCUT2D eigenvalue weighted by molar-refractivity contribution is 7.85. The van der Waals surface area contributed by atoms with E-state index in [-0.39, 0.29) is 29.0 Å². The molecule has 254 valence electrons. The average Bonchev–Trinajstić information content (AvgIpc) is 3.44. The van der Waals surface area contributed by atoms with Gasteiger partial charge in [0.2, 0.25) is 0 Å². The number of unbranched alkanes of at least 4 members (excludes halogenated alkanes) is 9. The standard InChI is InChI=1S/C27H48N2O4.C8H8O3S/c1-6-7-8-9-11-14-17-24(29-21-20-28(4)22-29)25(33-27(31)23(2)3)18-15-12-10-13-16-19-26(30)32-5;1-2-7-3-5-8(6-4-7)12(9,10)11/h20-21,24-25H,2,6-19,22H2,1,3-5H3;2-6H,1H2,(H,9,10,11). The minimum absolute atomic E-state index is 0.104. The van der Waals surface area contributed by atoms with Crippen LogP contribution in [0, 0.1) is 0 Å². The summed E-state index contributed by atoms with van der Waals surface area (Å²) in [5.41, 5.74) is 1.26. The topological polar surface area (TPSA) is 113 Å². The highest BCUT2D eigenvalue weighted by Crippen LogP contribution is 2.25. The van der Waals surface area contributed by atoms with Crippen LogP contribution in [-0.4, -0.2) is 67.7 Å². The second kappa shape index (κ2) is 22.4. The molecule has 0 spiro atoms. The van der Waals surface area contributed by atoms with Crippen molar-refractivity contribution in [2.45, 2.75) is 121 Å². The van der Waals surface area contributed by atoms with Crippen molar-refractivity contribution in [3.8, 4) is 0 Å². The summed E-state index contributed by atoms with van der Waals surface area (Å²) in [4.78, 5) is 28.1. The number of hydrogen-bond donors (Lipinski definition) is 1. The number of carbonyl (C=O) groups is 2. The molecule has 1 aromatic carbocycles. The van der Waals surface area contributed by atoms with E-state index in [1.54, 1.807) is 25.1 Å². The van der Waals surface area contributed by atoms with E-state index in [9.17, 15) is 18.0 Å². The fourth-order valence-electron chi connectivity index (χ4n) is 5.06. The molecule has 1 heterocycles. The van der Waals surface area contributed by atoms with Gasteiger partial charge in [0.1, 0.15) is 6.10 Å². The van der Waals surface area contributed by atoms with Crippen LogP contribution in [0.25, 0.3) is 6.08 Å². The van der Waals surface area contributed by atoms with Crippen LogP contribution in [-0.2, 0) is 29.2 Å². The zero-order valence-corrected chi connectivity index (χ0v) is 28.7. The summed E-state index contributed by atoms with van der Waals surface area (Å²) in [5, 5.41) is 0. The summed E-state index contributed by atoms with van der Waals surface area (Å²) in [6.07, 6.45) is 20.6. The molecule has 0 fully saturated rings. The first-order valence-electron chi connectivity index (χ1n) is 16.2. The molecule has 1 aliphatic rings. The Balaban J connectivity index is 0.000000701. The summed E-state index contributed by atoms with van der Waals surface area (Å²) in [6.45, 7) is 12.1. The first-order valence-corrected chi connectivity index (χ1v) is 17.6. The third kappa shape index (κ3) is 17.2. The predicted molar refractivity (Wildman–Crippen MR) is 181 cm³/mol. The van der Waals surface area contributed by atoms with Crippen molar-refractivity contribution in [3.63, 3.8) is 0 Å². The van der Waals surface area contributed by atoms with Gasteiger partial charge >= 0.3 is 11.9 Å². The number of ether oxygens (including phenoxy) is 2. The highest BCUT2D eigenvalue weighted by atomic mass is 32.2. The monoisotopic (exact) mass is 648 g/mol. The Morgan fingerprint density at radius 1 is 0.956 bits per heavy atom. The molecular formula is C35H56N2O7S. The van der Waals surface area contributed by atoms with E-state index in [0.29, 0.717) is 12.0 Å². The highest BCUT2D eigenvalue weighted by Gasteiger charge is 2.30. The van der Waals surface area contributed by atoms with Crippen molar-refractivity contribution < 1.29 is 32.0 Å². The van der Waals surface area contributed by atoms with Gasteiger partial charge in [-0.05, 0) is 50.3 Å². The number of hydrogen-bond acceptors (Lipinski definition) is 8. The SMILES string of the molecule is C=C(C)C(=O)OC(CCCCCCCC(=O)OC)C(CCCCCCCC)N1C=CN(C)C1.C=Cc1ccc(S(=O)(=O)O)cc1. The minimum atomic E-state index is -4.06. The molecule has 1 aromatic rings. The van der Waals surface area contributed by atoms with Gasteiger partial charge < -0.3 is 19.3 Å². The van der Waals surface area contributed by atoms with Crippen LogP contribution in [0.15, 0.2) is 60.3 Å². The maximum Gasteiger partial charge on any atom is 0.333 e. The van der Waals surface area contributed by atoms with Gasteiger partial charge in [0, 0.05) is 31.4 Å². The van der Waals surface area contributed by atoms with E-state index in [1.807, 2.05) is 0 Å². The molecule has 0 saturated carbocycles. The van der Waals surface area contributed by atoms with E-state index in [4.69, 9.17) is 14.0 Å². The Morgan fingerprint density at radius 3 is 2.04 bits per heavy atom. The minimum Gasteiger partial charge on any atom is -0.469 e. The normalized spacial score (nSPS) is 13.9. The lowest BCUT2D eigenvalue weighted by Gasteiger charge is -2.35. The van der Waals surface area contributed by atoms with Crippen LogP contribution in [0.2, 0.25) is 0 Å². The molecule has 2 unspecified atom stereocenters.